The van der Waals surface area contributed by atoms with Crippen molar-refractivity contribution in [2.75, 3.05) is 13.2 Å². The zero-order valence-corrected chi connectivity index (χ0v) is 11.6. The van der Waals surface area contributed by atoms with Gasteiger partial charge >= 0.3 is 0 Å². The fraction of sp³-hybridized carbons (Fsp3) is 0.250. The second-order valence-electron chi connectivity index (χ2n) is 4.87. The highest BCUT2D eigenvalue weighted by Crippen LogP contribution is 2.30. The van der Waals surface area contributed by atoms with Gasteiger partial charge in [-0.2, -0.15) is 0 Å². The highest BCUT2D eigenvalue weighted by molar-refractivity contribution is 6.31. The molecule has 4 heteroatoms. The summed E-state index contributed by atoms with van der Waals surface area (Å²) in [6.45, 7) is -0.499. The maximum absolute atomic E-state index is 13.0. The van der Waals surface area contributed by atoms with Crippen LogP contribution in [0.5, 0.6) is 0 Å². The summed E-state index contributed by atoms with van der Waals surface area (Å²) in [6.07, 6.45) is 0.380. The molecular weight excluding hydrogens is 279 g/mol. The van der Waals surface area contributed by atoms with Crippen molar-refractivity contribution in [3.05, 3.63) is 70.5 Å². The maximum atomic E-state index is 13.0. The molecule has 0 bridgehead atoms. The average Bonchev–Trinajstić information content (AvgIpc) is 2.48. The Morgan fingerprint density at radius 2 is 1.55 bits per heavy atom. The van der Waals surface area contributed by atoms with Gasteiger partial charge in [-0.1, -0.05) is 41.9 Å². The lowest BCUT2D eigenvalue weighted by molar-refractivity contribution is 0.116. The molecule has 0 saturated carbocycles. The zero-order valence-electron chi connectivity index (χ0n) is 10.9. The molecule has 0 aromatic heterocycles. The van der Waals surface area contributed by atoms with E-state index in [9.17, 15) is 14.6 Å². The van der Waals surface area contributed by atoms with Crippen LogP contribution in [0.2, 0.25) is 5.02 Å². The van der Waals surface area contributed by atoms with Crippen molar-refractivity contribution in [1.82, 2.24) is 0 Å². The molecule has 0 fully saturated rings. The molecule has 0 aliphatic heterocycles. The lowest BCUT2D eigenvalue weighted by Gasteiger charge is -2.31. The second kappa shape index (κ2) is 6.35. The molecule has 2 rings (SSSR count). The first-order valence-corrected chi connectivity index (χ1v) is 6.70. The lowest BCUT2D eigenvalue weighted by Crippen LogP contribution is -2.37. The molecule has 0 atom stereocenters. The fourth-order valence-electron chi connectivity index (χ4n) is 2.26. The van der Waals surface area contributed by atoms with Crippen molar-refractivity contribution in [3.8, 4) is 0 Å². The van der Waals surface area contributed by atoms with Crippen LogP contribution in [0.3, 0.4) is 0 Å². The van der Waals surface area contributed by atoms with Crippen LogP contribution in [0, 0.1) is 5.82 Å². The molecule has 2 aromatic rings. The van der Waals surface area contributed by atoms with Crippen LogP contribution in [0.15, 0.2) is 48.5 Å². The number of hydrogen-bond donors (Lipinski definition) is 2. The molecule has 0 radical (unpaired) electrons. The first-order valence-electron chi connectivity index (χ1n) is 6.32. The monoisotopic (exact) mass is 294 g/mol. The number of aliphatic hydroxyl groups excluding tert-OH is 2. The predicted octanol–water partition coefficient (Wildman–Crippen LogP) is 2.94. The van der Waals surface area contributed by atoms with Gasteiger partial charge in [-0.3, -0.25) is 0 Å². The van der Waals surface area contributed by atoms with Gasteiger partial charge in [-0.15, -0.1) is 0 Å². The third kappa shape index (κ3) is 3.01. The van der Waals surface area contributed by atoms with Gasteiger partial charge in [0, 0.05) is 10.4 Å². The van der Waals surface area contributed by atoms with E-state index in [1.807, 2.05) is 18.2 Å². The SMILES string of the molecule is OCC(CO)(Cc1ccccc1Cl)c1ccc(F)cc1. The predicted molar refractivity (Wildman–Crippen MR) is 77.4 cm³/mol. The van der Waals surface area contributed by atoms with Crippen LogP contribution in [0.1, 0.15) is 11.1 Å². The van der Waals surface area contributed by atoms with E-state index in [1.165, 1.54) is 12.1 Å². The quantitative estimate of drug-likeness (QED) is 0.890. The number of benzene rings is 2. The van der Waals surface area contributed by atoms with Gasteiger partial charge in [0.2, 0.25) is 0 Å². The van der Waals surface area contributed by atoms with Crippen LogP contribution < -0.4 is 0 Å². The van der Waals surface area contributed by atoms with E-state index in [4.69, 9.17) is 11.6 Å². The van der Waals surface area contributed by atoms with Crippen molar-refractivity contribution >= 4 is 11.6 Å². The molecule has 106 valence electrons. The largest absolute Gasteiger partial charge is 0.395 e. The van der Waals surface area contributed by atoms with Gasteiger partial charge in [-0.25, -0.2) is 4.39 Å². The average molecular weight is 295 g/mol. The van der Waals surface area contributed by atoms with Gasteiger partial charge in [0.15, 0.2) is 0 Å². The number of rotatable bonds is 5. The standard InChI is InChI=1S/C16H16ClFO2/c17-15-4-2-1-3-12(15)9-16(10-19,11-20)13-5-7-14(18)8-6-13/h1-8,19-20H,9-11H2. The van der Waals surface area contributed by atoms with Crippen molar-refractivity contribution < 1.29 is 14.6 Å². The minimum absolute atomic E-state index is 0.250. The number of halogens is 2. The molecule has 0 aliphatic rings. The zero-order chi connectivity index (χ0) is 14.6. The second-order valence-corrected chi connectivity index (χ2v) is 5.28. The van der Waals surface area contributed by atoms with Crippen molar-refractivity contribution in [2.45, 2.75) is 11.8 Å². The van der Waals surface area contributed by atoms with Crippen LogP contribution in [0.25, 0.3) is 0 Å². The number of hydrogen-bond acceptors (Lipinski definition) is 2. The van der Waals surface area contributed by atoms with Crippen LogP contribution in [-0.4, -0.2) is 23.4 Å². The molecule has 2 nitrogen and oxygen atoms in total. The summed E-state index contributed by atoms with van der Waals surface area (Å²) in [4.78, 5) is 0. The topological polar surface area (TPSA) is 40.5 Å². The summed E-state index contributed by atoms with van der Waals surface area (Å²) in [5.74, 6) is -0.351. The summed E-state index contributed by atoms with van der Waals surface area (Å²) in [5.41, 5.74) is 0.643. The maximum Gasteiger partial charge on any atom is 0.123 e. The molecule has 2 aromatic carbocycles. The fourth-order valence-corrected chi connectivity index (χ4v) is 2.46. The highest BCUT2D eigenvalue weighted by Gasteiger charge is 2.32. The van der Waals surface area contributed by atoms with Gasteiger partial charge in [-0.05, 0) is 35.7 Å². The van der Waals surface area contributed by atoms with E-state index in [-0.39, 0.29) is 19.0 Å². The number of aliphatic hydroxyl groups is 2. The van der Waals surface area contributed by atoms with Crippen molar-refractivity contribution in [3.63, 3.8) is 0 Å². The summed E-state index contributed by atoms with van der Waals surface area (Å²) in [7, 11) is 0. The Hall–Kier alpha value is -1.42. The molecule has 2 N–H and O–H groups in total. The molecule has 0 amide bonds. The summed E-state index contributed by atoms with van der Waals surface area (Å²) in [5, 5.41) is 20.1. The van der Waals surface area contributed by atoms with Crippen LogP contribution in [-0.2, 0) is 11.8 Å². The van der Waals surface area contributed by atoms with E-state index < -0.39 is 5.41 Å². The molecule has 0 spiro atoms. The van der Waals surface area contributed by atoms with E-state index in [2.05, 4.69) is 0 Å². The van der Waals surface area contributed by atoms with Crippen LogP contribution >= 0.6 is 11.6 Å². The summed E-state index contributed by atoms with van der Waals surface area (Å²) in [6, 6.07) is 13.1. The van der Waals surface area contributed by atoms with Crippen molar-refractivity contribution in [1.29, 1.82) is 0 Å². The Labute approximate surface area is 122 Å². The Balaban J connectivity index is 2.39. The Bertz CT molecular complexity index is 565. The van der Waals surface area contributed by atoms with Gasteiger partial charge < -0.3 is 10.2 Å². The molecule has 0 heterocycles. The third-order valence-corrected chi connectivity index (χ3v) is 3.92. The third-order valence-electron chi connectivity index (χ3n) is 3.55. The van der Waals surface area contributed by atoms with E-state index in [0.717, 1.165) is 5.56 Å². The smallest absolute Gasteiger partial charge is 0.123 e. The minimum Gasteiger partial charge on any atom is -0.395 e. The van der Waals surface area contributed by atoms with E-state index >= 15 is 0 Å². The molecule has 0 saturated heterocycles. The van der Waals surface area contributed by atoms with E-state index in [0.29, 0.717) is 17.0 Å². The minimum atomic E-state index is -0.876. The Morgan fingerprint density at radius 3 is 2.10 bits per heavy atom. The van der Waals surface area contributed by atoms with Crippen LogP contribution in [0.4, 0.5) is 4.39 Å². The molecule has 0 unspecified atom stereocenters. The molecule has 20 heavy (non-hydrogen) atoms. The van der Waals surface area contributed by atoms with Crippen molar-refractivity contribution in [2.24, 2.45) is 0 Å². The normalized spacial score (nSPS) is 11.6. The van der Waals surface area contributed by atoms with Gasteiger partial charge in [0.25, 0.3) is 0 Å². The molecule has 0 aliphatic carbocycles. The first-order chi connectivity index (χ1) is 9.61. The van der Waals surface area contributed by atoms with Gasteiger partial charge in [0.1, 0.15) is 5.82 Å². The lowest BCUT2D eigenvalue weighted by atomic mass is 9.77. The van der Waals surface area contributed by atoms with Gasteiger partial charge in [0.05, 0.1) is 13.2 Å². The Kier molecular flexibility index (Phi) is 4.76. The Morgan fingerprint density at radius 1 is 0.950 bits per heavy atom. The molecular formula is C16H16ClFO2. The summed E-state index contributed by atoms with van der Waals surface area (Å²) >= 11 is 6.13. The van der Waals surface area contributed by atoms with E-state index in [1.54, 1.807) is 18.2 Å². The highest BCUT2D eigenvalue weighted by atomic mass is 35.5. The summed E-state index contributed by atoms with van der Waals surface area (Å²) < 4.78 is 13.0. The first kappa shape index (κ1) is 15.0.